The van der Waals surface area contributed by atoms with Crippen LogP contribution in [0.3, 0.4) is 0 Å². The van der Waals surface area contributed by atoms with E-state index in [1.165, 1.54) is 22.7 Å². The first-order valence-corrected chi connectivity index (χ1v) is 6.44. The number of aromatic carboxylic acids is 1. The van der Waals surface area contributed by atoms with Crippen LogP contribution in [0.1, 0.15) is 40.9 Å². The van der Waals surface area contributed by atoms with Crippen molar-refractivity contribution in [2.45, 2.75) is 32.1 Å². The van der Waals surface area contributed by atoms with Gasteiger partial charge in [-0.05, 0) is 37.8 Å². The van der Waals surface area contributed by atoms with E-state index in [9.17, 15) is 9.59 Å². The second kappa shape index (κ2) is 4.50. The predicted octanol–water partition coefficient (Wildman–Crippen LogP) is 1.66. The SMILES string of the molecule is O=C(O)c1ccn2c(=O)c3c(nc2c1)CCCCC3. The largest absolute Gasteiger partial charge is 0.478 e. The highest BCUT2D eigenvalue weighted by molar-refractivity contribution is 5.88. The minimum Gasteiger partial charge on any atom is -0.478 e. The maximum Gasteiger partial charge on any atom is 0.335 e. The summed E-state index contributed by atoms with van der Waals surface area (Å²) in [6.45, 7) is 0. The Morgan fingerprint density at radius 2 is 2.05 bits per heavy atom. The standard InChI is InChI=1S/C14H14N2O3/c17-13-10-4-2-1-3-5-11(10)15-12-8-9(14(18)19)6-7-16(12)13/h6-8H,1-5H2,(H,18,19). The van der Waals surface area contributed by atoms with Gasteiger partial charge in [0.15, 0.2) is 0 Å². The van der Waals surface area contributed by atoms with Gasteiger partial charge in [-0.15, -0.1) is 0 Å². The molecule has 0 spiro atoms. The molecule has 0 unspecified atom stereocenters. The molecule has 0 radical (unpaired) electrons. The van der Waals surface area contributed by atoms with Crippen molar-refractivity contribution in [2.75, 3.05) is 0 Å². The topological polar surface area (TPSA) is 71.7 Å². The second-order valence-electron chi connectivity index (χ2n) is 4.85. The molecule has 0 saturated heterocycles. The number of pyridine rings is 1. The van der Waals surface area contributed by atoms with Gasteiger partial charge in [-0.3, -0.25) is 9.20 Å². The number of carboxylic acid groups (broad SMARTS) is 1. The van der Waals surface area contributed by atoms with E-state index in [4.69, 9.17) is 5.11 Å². The molecule has 0 amide bonds. The normalized spacial score (nSPS) is 14.9. The molecule has 1 aliphatic carbocycles. The second-order valence-corrected chi connectivity index (χ2v) is 4.85. The third-order valence-corrected chi connectivity index (χ3v) is 3.60. The van der Waals surface area contributed by atoms with Crippen molar-refractivity contribution >= 4 is 11.6 Å². The molecule has 5 heteroatoms. The van der Waals surface area contributed by atoms with Crippen LogP contribution >= 0.6 is 0 Å². The summed E-state index contributed by atoms with van der Waals surface area (Å²) in [4.78, 5) is 27.8. The number of fused-ring (bicyclic) bond motifs is 2. The number of hydrogen-bond donors (Lipinski definition) is 1. The quantitative estimate of drug-likeness (QED) is 0.790. The molecule has 0 bridgehead atoms. The predicted molar refractivity (Wildman–Crippen MR) is 69.7 cm³/mol. The van der Waals surface area contributed by atoms with Crippen molar-refractivity contribution < 1.29 is 9.90 Å². The fraction of sp³-hybridized carbons (Fsp3) is 0.357. The Labute approximate surface area is 109 Å². The van der Waals surface area contributed by atoms with Gasteiger partial charge in [-0.25, -0.2) is 9.78 Å². The average molecular weight is 258 g/mol. The molecule has 3 rings (SSSR count). The van der Waals surface area contributed by atoms with E-state index < -0.39 is 5.97 Å². The zero-order chi connectivity index (χ0) is 13.4. The summed E-state index contributed by atoms with van der Waals surface area (Å²) in [5.41, 5.74) is 2.15. The summed E-state index contributed by atoms with van der Waals surface area (Å²) in [5, 5.41) is 8.98. The minimum atomic E-state index is -1.01. The summed E-state index contributed by atoms with van der Waals surface area (Å²) in [6.07, 6.45) is 6.23. The minimum absolute atomic E-state index is 0.0566. The van der Waals surface area contributed by atoms with Gasteiger partial charge in [-0.2, -0.15) is 0 Å². The molecule has 1 aliphatic rings. The van der Waals surface area contributed by atoms with Gasteiger partial charge >= 0.3 is 5.97 Å². The van der Waals surface area contributed by atoms with E-state index in [1.807, 2.05) is 0 Å². The number of aromatic nitrogens is 2. The number of carbonyl (C=O) groups is 1. The number of rotatable bonds is 1. The molecule has 0 atom stereocenters. The van der Waals surface area contributed by atoms with Crippen LogP contribution in [0.15, 0.2) is 23.1 Å². The van der Waals surface area contributed by atoms with Crippen molar-refractivity contribution in [2.24, 2.45) is 0 Å². The molecule has 2 aromatic heterocycles. The number of nitrogens with zero attached hydrogens (tertiary/aromatic N) is 2. The molecule has 0 aliphatic heterocycles. The lowest BCUT2D eigenvalue weighted by Gasteiger charge is -2.08. The van der Waals surface area contributed by atoms with Gasteiger partial charge in [0.2, 0.25) is 0 Å². The summed E-state index contributed by atoms with van der Waals surface area (Å²) in [5.74, 6) is -1.01. The lowest BCUT2D eigenvalue weighted by molar-refractivity contribution is 0.0697. The van der Waals surface area contributed by atoms with E-state index in [0.717, 1.165) is 43.4 Å². The zero-order valence-electron chi connectivity index (χ0n) is 10.4. The van der Waals surface area contributed by atoms with Crippen molar-refractivity contribution in [1.29, 1.82) is 0 Å². The molecular formula is C14H14N2O3. The Balaban J connectivity index is 2.28. The Bertz CT molecular complexity index is 718. The molecule has 2 aromatic rings. The summed E-state index contributed by atoms with van der Waals surface area (Å²) in [7, 11) is 0. The fourth-order valence-corrected chi connectivity index (χ4v) is 2.58. The Morgan fingerprint density at radius 1 is 1.26 bits per heavy atom. The fourth-order valence-electron chi connectivity index (χ4n) is 2.58. The smallest absolute Gasteiger partial charge is 0.335 e. The van der Waals surface area contributed by atoms with E-state index in [2.05, 4.69) is 4.98 Å². The first-order chi connectivity index (χ1) is 9.16. The van der Waals surface area contributed by atoms with E-state index in [1.54, 1.807) is 0 Å². The molecule has 1 N–H and O–H groups in total. The van der Waals surface area contributed by atoms with Crippen molar-refractivity contribution in [3.05, 3.63) is 45.5 Å². The van der Waals surface area contributed by atoms with E-state index in [0.29, 0.717) is 5.65 Å². The Morgan fingerprint density at radius 3 is 2.84 bits per heavy atom. The maximum atomic E-state index is 12.4. The van der Waals surface area contributed by atoms with Crippen LogP contribution in [0.2, 0.25) is 0 Å². The number of hydrogen-bond acceptors (Lipinski definition) is 3. The molecule has 5 nitrogen and oxygen atoms in total. The Kier molecular flexibility index (Phi) is 2.81. The van der Waals surface area contributed by atoms with Gasteiger partial charge in [0.05, 0.1) is 11.3 Å². The third-order valence-electron chi connectivity index (χ3n) is 3.60. The van der Waals surface area contributed by atoms with Crippen molar-refractivity contribution in [3.63, 3.8) is 0 Å². The van der Waals surface area contributed by atoms with E-state index in [-0.39, 0.29) is 11.1 Å². The van der Waals surface area contributed by atoms with Crippen LogP contribution in [0.5, 0.6) is 0 Å². The highest BCUT2D eigenvalue weighted by atomic mass is 16.4. The Hall–Kier alpha value is -2.17. The van der Waals surface area contributed by atoms with Crippen LogP contribution < -0.4 is 5.56 Å². The van der Waals surface area contributed by atoms with Crippen molar-refractivity contribution in [1.82, 2.24) is 9.38 Å². The van der Waals surface area contributed by atoms with Crippen molar-refractivity contribution in [3.8, 4) is 0 Å². The molecule has 0 fully saturated rings. The van der Waals surface area contributed by atoms with Gasteiger partial charge in [0.1, 0.15) is 5.65 Å². The molecular weight excluding hydrogens is 244 g/mol. The summed E-state index contributed by atoms with van der Waals surface area (Å²) in [6, 6.07) is 2.89. The first-order valence-electron chi connectivity index (χ1n) is 6.44. The molecule has 0 aromatic carbocycles. The summed E-state index contributed by atoms with van der Waals surface area (Å²) < 4.78 is 1.44. The molecule has 98 valence electrons. The van der Waals surface area contributed by atoms with Crippen LogP contribution in [0.25, 0.3) is 5.65 Å². The highest BCUT2D eigenvalue weighted by Crippen LogP contribution is 2.17. The van der Waals surface area contributed by atoms with Gasteiger partial charge in [0.25, 0.3) is 5.56 Å². The summed E-state index contributed by atoms with van der Waals surface area (Å²) >= 11 is 0. The lowest BCUT2D eigenvalue weighted by Crippen LogP contribution is -2.22. The third kappa shape index (κ3) is 2.01. The van der Waals surface area contributed by atoms with E-state index >= 15 is 0 Å². The van der Waals surface area contributed by atoms with Gasteiger partial charge in [-0.1, -0.05) is 6.42 Å². The highest BCUT2D eigenvalue weighted by Gasteiger charge is 2.16. The van der Waals surface area contributed by atoms with Crippen LogP contribution in [-0.4, -0.2) is 20.5 Å². The van der Waals surface area contributed by atoms with Crippen LogP contribution in [0, 0.1) is 0 Å². The molecule has 2 heterocycles. The van der Waals surface area contributed by atoms with Gasteiger partial charge < -0.3 is 5.11 Å². The van der Waals surface area contributed by atoms with Gasteiger partial charge in [0, 0.05) is 11.8 Å². The number of carboxylic acids is 1. The maximum absolute atomic E-state index is 12.4. The van der Waals surface area contributed by atoms with Crippen LogP contribution in [0.4, 0.5) is 0 Å². The van der Waals surface area contributed by atoms with Crippen LogP contribution in [-0.2, 0) is 12.8 Å². The first kappa shape index (κ1) is 11.9. The lowest BCUT2D eigenvalue weighted by atomic mass is 10.1. The average Bonchev–Trinajstić information content (AvgIpc) is 2.63. The number of aryl methyl sites for hydroxylation is 1. The molecule has 19 heavy (non-hydrogen) atoms. The monoisotopic (exact) mass is 258 g/mol. The zero-order valence-corrected chi connectivity index (χ0v) is 10.4. The molecule has 0 saturated carbocycles.